The van der Waals surface area contributed by atoms with Gasteiger partial charge in [0.1, 0.15) is 17.0 Å². The molecule has 1 aliphatic rings. The lowest BCUT2D eigenvalue weighted by molar-refractivity contribution is -0.115. The molecule has 0 spiro atoms. The van der Waals surface area contributed by atoms with Gasteiger partial charge in [0, 0.05) is 47.8 Å². The van der Waals surface area contributed by atoms with Crippen LogP contribution in [-0.4, -0.2) is 71.8 Å². The van der Waals surface area contributed by atoms with Crippen LogP contribution in [0.25, 0.3) is 22.2 Å². The molecule has 0 bridgehead atoms. The summed E-state index contributed by atoms with van der Waals surface area (Å²) >= 11 is 15.3. The fourth-order valence-corrected chi connectivity index (χ4v) is 5.79. The zero-order valence-electron chi connectivity index (χ0n) is 22.9. The summed E-state index contributed by atoms with van der Waals surface area (Å²) in [5, 5.41) is 8.67. The van der Waals surface area contributed by atoms with E-state index in [0.717, 1.165) is 11.1 Å². The number of ketones is 1. The van der Waals surface area contributed by atoms with Gasteiger partial charge in [-0.15, -0.1) is 0 Å². The molecular formula is C28H33Cl2N5O4S. The molecule has 12 heteroatoms. The van der Waals surface area contributed by atoms with Crippen molar-refractivity contribution in [1.82, 2.24) is 15.0 Å². The molecule has 0 saturated carbocycles. The van der Waals surface area contributed by atoms with Crippen LogP contribution in [0.1, 0.15) is 20.3 Å². The minimum atomic E-state index is -0.103. The zero-order chi connectivity index (χ0) is 28.8. The van der Waals surface area contributed by atoms with E-state index in [4.69, 9.17) is 47.4 Å². The molecule has 214 valence electrons. The van der Waals surface area contributed by atoms with Gasteiger partial charge in [0.2, 0.25) is 5.95 Å². The molecule has 3 aromatic rings. The largest absolute Gasteiger partial charge is 0.495 e. The molecule has 1 aromatic carbocycles. The summed E-state index contributed by atoms with van der Waals surface area (Å²) in [6.45, 7) is 9.51. The number of halogens is 2. The highest BCUT2D eigenvalue weighted by molar-refractivity contribution is 7.99. The summed E-state index contributed by atoms with van der Waals surface area (Å²) in [5.41, 5.74) is 1.65. The number of anilines is 2. The summed E-state index contributed by atoms with van der Waals surface area (Å²) in [6.07, 6.45) is 3.42. The van der Waals surface area contributed by atoms with E-state index < -0.39 is 0 Å². The smallest absolute Gasteiger partial charge is 0.223 e. The molecule has 0 aliphatic carbocycles. The number of hydrogen-bond acceptors (Lipinski definition) is 10. The molecule has 0 radical (unpaired) electrons. The van der Waals surface area contributed by atoms with Crippen LogP contribution in [0.5, 0.6) is 11.5 Å². The number of nitrogens with zero attached hydrogens (tertiary/aromatic N) is 3. The van der Waals surface area contributed by atoms with Gasteiger partial charge in [0.25, 0.3) is 0 Å². The number of thioether (sulfide) groups is 1. The fourth-order valence-electron chi connectivity index (χ4n) is 4.40. The predicted molar refractivity (Wildman–Crippen MR) is 164 cm³/mol. The van der Waals surface area contributed by atoms with E-state index in [-0.39, 0.29) is 17.7 Å². The van der Waals surface area contributed by atoms with Crippen molar-refractivity contribution < 1.29 is 19.0 Å². The van der Waals surface area contributed by atoms with E-state index in [9.17, 15) is 4.79 Å². The van der Waals surface area contributed by atoms with E-state index in [1.807, 2.05) is 17.8 Å². The minimum Gasteiger partial charge on any atom is -0.495 e. The maximum absolute atomic E-state index is 11.9. The summed E-state index contributed by atoms with van der Waals surface area (Å²) in [6, 6.07) is 3.37. The molecule has 9 nitrogen and oxygen atoms in total. The quantitative estimate of drug-likeness (QED) is 0.174. The highest BCUT2D eigenvalue weighted by Gasteiger charge is 2.30. The Kier molecular flexibility index (Phi) is 10.3. The van der Waals surface area contributed by atoms with Crippen molar-refractivity contribution in [2.45, 2.75) is 31.6 Å². The van der Waals surface area contributed by atoms with Crippen molar-refractivity contribution in [3.8, 4) is 22.8 Å². The van der Waals surface area contributed by atoms with Crippen molar-refractivity contribution in [3.63, 3.8) is 0 Å². The van der Waals surface area contributed by atoms with Crippen molar-refractivity contribution in [1.29, 1.82) is 0 Å². The van der Waals surface area contributed by atoms with Crippen LogP contribution >= 0.6 is 35.0 Å². The number of carbonyl (C=O) groups is 1. The van der Waals surface area contributed by atoms with Crippen LogP contribution in [0.15, 0.2) is 31.0 Å². The van der Waals surface area contributed by atoms with Crippen molar-refractivity contribution in [2.75, 3.05) is 50.4 Å². The number of aromatic nitrogens is 3. The van der Waals surface area contributed by atoms with Crippen LogP contribution in [-0.2, 0) is 9.53 Å². The first-order valence-electron chi connectivity index (χ1n) is 12.9. The lowest BCUT2D eigenvalue weighted by atomic mass is 9.97. The van der Waals surface area contributed by atoms with E-state index in [2.05, 4.69) is 36.0 Å². The molecule has 0 amide bonds. The number of benzene rings is 1. The Hall–Kier alpha value is -2.79. The van der Waals surface area contributed by atoms with E-state index in [1.54, 1.807) is 12.3 Å². The fraction of sp³-hybridized carbons (Fsp3) is 0.429. The molecular weight excluding hydrogens is 573 g/mol. The molecule has 2 aromatic heterocycles. The van der Waals surface area contributed by atoms with Gasteiger partial charge < -0.3 is 24.8 Å². The zero-order valence-corrected chi connectivity index (χ0v) is 25.3. The van der Waals surface area contributed by atoms with Crippen LogP contribution in [0.2, 0.25) is 10.0 Å². The summed E-state index contributed by atoms with van der Waals surface area (Å²) in [7, 11) is 3.06. The molecule has 1 aliphatic heterocycles. The Bertz CT molecular complexity index is 1360. The number of ether oxygens (including phenoxy) is 3. The average molecular weight is 607 g/mol. The Morgan fingerprint density at radius 3 is 2.58 bits per heavy atom. The SMILES string of the molecule is C=CC(=O)C[C@H]1COC[C@H]1Nc1ncc2cc(-c3c(Cl)c(OC)cc(OC)c3Cl)nc(NCCSC(C)C)c2n1. The van der Waals surface area contributed by atoms with Crippen molar-refractivity contribution in [3.05, 3.63) is 41.0 Å². The lowest BCUT2D eigenvalue weighted by Gasteiger charge is -2.19. The number of nitrogens with one attached hydrogen (secondary N) is 2. The standard InChI is InChI=1S/C28H33Cl2N5O4S/c1-6-18(36)9-17-13-39-14-20(17)34-28-32-12-16-10-19(23-24(29)21(37-4)11-22(38-5)25(23)30)33-27(26(16)35-28)31-7-8-40-15(2)3/h6,10-12,15,17,20H,1,7-9,13-14H2,2-5H3,(H,31,33)(H,32,34,35)/t17-,20+/m0/s1. The Balaban J connectivity index is 1.74. The maximum atomic E-state index is 11.9. The third-order valence-electron chi connectivity index (χ3n) is 6.45. The monoisotopic (exact) mass is 605 g/mol. The number of pyridine rings is 1. The van der Waals surface area contributed by atoms with E-state index >= 15 is 0 Å². The van der Waals surface area contributed by atoms with Crippen LogP contribution < -0.4 is 20.1 Å². The first-order chi connectivity index (χ1) is 19.2. The third-order valence-corrected chi connectivity index (χ3v) is 8.30. The van der Waals surface area contributed by atoms with Crippen LogP contribution in [0.4, 0.5) is 11.8 Å². The number of carbonyl (C=O) groups excluding carboxylic acids is 1. The second kappa shape index (κ2) is 13.7. The predicted octanol–water partition coefficient (Wildman–Crippen LogP) is 6.14. The maximum Gasteiger partial charge on any atom is 0.223 e. The number of fused-ring (bicyclic) bond motifs is 1. The van der Waals surface area contributed by atoms with Gasteiger partial charge in [-0.2, -0.15) is 11.8 Å². The Labute approximate surface area is 248 Å². The van der Waals surface area contributed by atoms with E-state index in [0.29, 0.717) is 81.5 Å². The van der Waals surface area contributed by atoms with Crippen molar-refractivity contribution in [2.24, 2.45) is 5.92 Å². The van der Waals surface area contributed by atoms with Gasteiger partial charge in [-0.05, 0) is 17.4 Å². The number of hydrogen-bond donors (Lipinski definition) is 2. The summed E-state index contributed by atoms with van der Waals surface area (Å²) < 4.78 is 16.5. The van der Waals surface area contributed by atoms with E-state index in [1.165, 1.54) is 20.3 Å². The van der Waals surface area contributed by atoms with Crippen molar-refractivity contribution >= 4 is 63.4 Å². The lowest BCUT2D eigenvalue weighted by Crippen LogP contribution is -2.30. The van der Waals surface area contributed by atoms with Crippen LogP contribution in [0, 0.1) is 5.92 Å². The molecule has 3 heterocycles. The number of allylic oxidation sites excluding steroid dienone is 1. The molecule has 0 unspecified atom stereocenters. The molecule has 2 N–H and O–H groups in total. The number of methoxy groups -OCH3 is 2. The molecule has 40 heavy (non-hydrogen) atoms. The molecule has 1 fully saturated rings. The van der Waals surface area contributed by atoms with Gasteiger partial charge in [-0.3, -0.25) is 4.79 Å². The minimum absolute atomic E-state index is 0.00303. The molecule has 4 rings (SSSR count). The second-order valence-electron chi connectivity index (χ2n) is 9.54. The van der Waals surface area contributed by atoms with Crippen LogP contribution in [0.3, 0.4) is 0 Å². The highest BCUT2D eigenvalue weighted by atomic mass is 35.5. The average Bonchev–Trinajstić information content (AvgIpc) is 3.37. The number of rotatable bonds is 13. The second-order valence-corrected chi connectivity index (χ2v) is 12.0. The third kappa shape index (κ3) is 6.91. The Morgan fingerprint density at radius 2 is 1.93 bits per heavy atom. The van der Waals surface area contributed by atoms with Gasteiger partial charge in [0.05, 0.1) is 49.2 Å². The van der Waals surface area contributed by atoms with Gasteiger partial charge in [-0.25, -0.2) is 15.0 Å². The Morgan fingerprint density at radius 1 is 1.20 bits per heavy atom. The van der Waals surface area contributed by atoms with Gasteiger partial charge in [-0.1, -0.05) is 43.6 Å². The normalized spacial score (nSPS) is 16.8. The highest BCUT2D eigenvalue weighted by Crippen LogP contribution is 2.46. The van der Waals surface area contributed by atoms with Gasteiger partial charge in [0.15, 0.2) is 11.6 Å². The molecule has 1 saturated heterocycles. The summed E-state index contributed by atoms with van der Waals surface area (Å²) in [5.74, 6) is 2.70. The topological polar surface area (TPSA) is 107 Å². The van der Waals surface area contributed by atoms with Gasteiger partial charge >= 0.3 is 0 Å². The first-order valence-corrected chi connectivity index (χ1v) is 14.7. The first kappa shape index (κ1) is 30.2. The summed E-state index contributed by atoms with van der Waals surface area (Å²) in [4.78, 5) is 26.2. The molecule has 2 atom stereocenters.